The number of hydrogen-bond acceptors (Lipinski definition) is 3. The van der Waals surface area contributed by atoms with Crippen LogP contribution in [0.4, 0.5) is 8.78 Å². The Morgan fingerprint density at radius 1 is 1.33 bits per heavy atom. The molecule has 1 aliphatic heterocycles. The van der Waals surface area contributed by atoms with Gasteiger partial charge in [-0.3, -0.25) is 4.90 Å². The van der Waals surface area contributed by atoms with Crippen LogP contribution in [-0.2, 0) is 4.74 Å². The van der Waals surface area contributed by atoms with Crippen molar-refractivity contribution in [2.75, 3.05) is 26.2 Å². The fourth-order valence-electron chi connectivity index (χ4n) is 2.81. The van der Waals surface area contributed by atoms with Crippen LogP contribution in [0, 0.1) is 11.6 Å². The SMILES string of the molecule is CCNC(c1c(F)cccc1F)C1CN(C(C)C)CCO1. The topological polar surface area (TPSA) is 24.5 Å². The van der Waals surface area contributed by atoms with Gasteiger partial charge in [-0.05, 0) is 32.5 Å². The molecule has 5 heteroatoms. The summed E-state index contributed by atoms with van der Waals surface area (Å²) < 4.78 is 34.0. The van der Waals surface area contributed by atoms with E-state index in [9.17, 15) is 8.78 Å². The third kappa shape index (κ3) is 3.78. The number of morpholine rings is 1. The van der Waals surface area contributed by atoms with Crippen molar-refractivity contribution in [3.05, 3.63) is 35.4 Å². The van der Waals surface area contributed by atoms with E-state index >= 15 is 0 Å². The fraction of sp³-hybridized carbons (Fsp3) is 0.625. The Morgan fingerprint density at radius 2 is 2.00 bits per heavy atom. The lowest BCUT2D eigenvalue weighted by Gasteiger charge is -2.39. The van der Waals surface area contributed by atoms with E-state index in [1.54, 1.807) is 0 Å². The highest BCUT2D eigenvalue weighted by Gasteiger charge is 2.32. The van der Waals surface area contributed by atoms with Gasteiger partial charge >= 0.3 is 0 Å². The highest BCUT2D eigenvalue weighted by atomic mass is 19.1. The lowest BCUT2D eigenvalue weighted by Crippen LogP contribution is -2.50. The molecule has 1 N–H and O–H groups in total. The number of ether oxygens (including phenoxy) is 1. The molecule has 0 bridgehead atoms. The highest BCUT2D eigenvalue weighted by Crippen LogP contribution is 2.27. The first kappa shape index (κ1) is 16.3. The zero-order valence-electron chi connectivity index (χ0n) is 12.9. The van der Waals surface area contributed by atoms with Crippen LogP contribution in [0.15, 0.2) is 18.2 Å². The van der Waals surface area contributed by atoms with Gasteiger partial charge < -0.3 is 10.1 Å². The minimum Gasteiger partial charge on any atom is -0.374 e. The van der Waals surface area contributed by atoms with Gasteiger partial charge in [-0.15, -0.1) is 0 Å². The van der Waals surface area contributed by atoms with Crippen molar-refractivity contribution in [2.24, 2.45) is 0 Å². The summed E-state index contributed by atoms with van der Waals surface area (Å²) in [6.45, 7) is 8.90. The number of nitrogens with zero attached hydrogens (tertiary/aromatic N) is 1. The van der Waals surface area contributed by atoms with E-state index in [0.717, 1.165) is 6.54 Å². The molecule has 1 saturated heterocycles. The molecule has 2 atom stereocenters. The zero-order valence-corrected chi connectivity index (χ0v) is 12.9. The molecule has 1 heterocycles. The van der Waals surface area contributed by atoms with E-state index in [4.69, 9.17) is 4.74 Å². The van der Waals surface area contributed by atoms with E-state index in [2.05, 4.69) is 24.1 Å². The average Bonchev–Trinajstić information content (AvgIpc) is 2.46. The van der Waals surface area contributed by atoms with Crippen LogP contribution in [0.3, 0.4) is 0 Å². The summed E-state index contributed by atoms with van der Waals surface area (Å²) in [5, 5.41) is 3.18. The van der Waals surface area contributed by atoms with E-state index in [1.807, 2.05) is 6.92 Å². The Morgan fingerprint density at radius 3 is 2.57 bits per heavy atom. The molecule has 0 aliphatic carbocycles. The summed E-state index contributed by atoms with van der Waals surface area (Å²) in [5.74, 6) is -1.04. The first-order valence-corrected chi connectivity index (χ1v) is 7.57. The smallest absolute Gasteiger partial charge is 0.131 e. The largest absolute Gasteiger partial charge is 0.374 e. The lowest BCUT2D eigenvalue weighted by atomic mass is 9.98. The summed E-state index contributed by atoms with van der Waals surface area (Å²) in [5.41, 5.74) is 0.0787. The summed E-state index contributed by atoms with van der Waals surface area (Å²) in [4.78, 5) is 2.28. The second kappa shape index (κ2) is 7.29. The number of likely N-dealkylation sites (N-methyl/N-ethyl adjacent to an activating group) is 1. The van der Waals surface area contributed by atoms with Crippen molar-refractivity contribution in [3.8, 4) is 0 Å². The van der Waals surface area contributed by atoms with Gasteiger partial charge in [0.2, 0.25) is 0 Å². The quantitative estimate of drug-likeness (QED) is 0.904. The number of benzene rings is 1. The minimum absolute atomic E-state index is 0.0787. The molecule has 1 fully saturated rings. The fourth-order valence-corrected chi connectivity index (χ4v) is 2.81. The molecule has 1 aliphatic rings. The zero-order chi connectivity index (χ0) is 15.4. The van der Waals surface area contributed by atoms with Crippen molar-refractivity contribution >= 4 is 0 Å². The second-order valence-electron chi connectivity index (χ2n) is 5.67. The Balaban J connectivity index is 2.26. The maximum absolute atomic E-state index is 14.1. The van der Waals surface area contributed by atoms with Crippen molar-refractivity contribution in [2.45, 2.75) is 39.0 Å². The number of nitrogens with one attached hydrogen (secondary N) is 1. The molecule has 3 nitrogen and oxygen atoms in total. The molecule has 0 radical (unpaired) electrons. The van der Waals surface area contributed by atoms with Crippen LogP contribution in [0.2, 0.25) is 0 Å². The van der Waals surface area contributed by atoms with Gasteiger partial charge in [-0.2, -0.15) is 0 Å². The van der Waals surface area contributed by atoms with Gasteiger partial charge in [0, 0.05) is 24.7 Å². The third-order valence-corrected chi connectivity index (χ3v) is 3.96. The molecule has 0 spiro atoms. The van der Waals surface area contributed by atoms with Crippen molar-refractivity contribution in [3.63, 3.8) is 0 Å². The minimum atomic E-state index is -0.522. The molecule has 118 valence electrons. The van der Waals surface area contributed by atoms with Crippen LogP contribution in [-0.4, -0.2) is 43.3 Å². The predicted molar refractivity (Wildman–Crippen MR) is 79.2 cm³/mol. The Bertz CT molecular complexity index is 447. The Hall–Kier alpha value is -1.04. The van der Waals surface area contributed by atoms with Crippen LogP contribution >= 0.6 is 0 Å². The van der Waals surface area contributed by atoms with E-state index in [-0.39, 0.29) is 11.7 Å². The standard InChI is InChI=1S/C16H24F2N2O/c1-4-19-16(15-12(17)6-5-7-13(15)18)14-10-20(11(2)3)8-9-21-14/h5-7,11,14,16,19H,4,8-10H2,1-3H3. The van der Waals surface area contributed by atoms with Gasteiger partial charge in [0.05, 0.1) is 18.8 Å². The number of hydrogen-bond donors (Lipinski definition) is 1. The summed E-state index contributed by atoms with van der Waals surface area (Å²) >= 11 is 0. The molecule has 2 rings (SSSR count). The summed E-state index contributed by atoms with van der Waals surface area (Å²) in [6.07, 6.45) is -0.257. The number of rotatable bonds is 5. The van der Waals surface area contributed by atoms with Crippen LogP contribution in [0.1, 0.15) is 32.4 Å². The maximum Gasteiger partial charge on any atom is 0.131 e. The monoisotopic (exact) mass is 298 g/mol. The third-order valence-electron chi connectivity index (χ3n) is 3.96. The van der Waals surface area contributed by atoms with Gasteiger partial charge in [-0.1, -0.05) is 13.0 Å². The number of halogens is 2. The molecule has 0 saturated carbocycles. The van der Waals surface area contributed by atoms with Crippen LogP contribution in [0.5, 0.6) is 0 Å². The Labute approximate surface area is 125 Å². The first-order valence-electron chi connectivity index (χ1n) is 7.57. The molecule has 0 aromatic heterocycles. The maximum atomic E-state index is 14.1. The Kier molecular flexibility index (Phi) is 5.67. The van der Waals surface area contributed by atoms with Gasteiger partial charge in [0.1, 0.15) is 11.6 Å². The molecule has 0 amide bonds. The van der Waals surface area contributed by atoms with Gasteiger partial charge in [0.15, 0.2) is 0 Å². The lowest BCUT2D eigenvalue weighted by molar-refractivity contribution is -0.0568. The van der Waals surface area contributed by atoms with E-state index < -0.39 is 17.7 Å². The normalized spacial score (nSPS) is 21.7. The molecule has 1 aromatic carbocycles. The van der Waals surface area contributed by atoms with Crippen LogP contribution < -0.4 is 5.32 Å². The molecule has 2 unspecified atom stereocenters. The van der Waals surface area contributed by atoms with Crippen molar-refractivity contribution < 1.29 is 13.5 Å². The van der Waals surface area contributed by atoms with E-state index in [0.29, 0.717) is 25.7 Å². The van der Waals surface area contributed by atoms with Gasteiger partial charge in [-0.25, -0.2) is 8.78 Å². The first-order chi connectivity index (χ1) is 10.0. The summed E-state index contributed by atoms with van der Waals surface area (Å²) in [6, 6.07) is 3.90. The molecular formula is C16H24F2N2O. The highest BCUT2D eigenvalue weighted by molar-refractivity contribution is 5.24. The summed E-state index contributed by atoms with van der Waals surface area (Å²) in [7, 11) is 0. The van der Waals surface area contributed by atoms with Crippen LogP contribution in [0.25, 0.3) is 0 Å². The average molecular weight is 298 g/mol. The van der Waals surface area contributed by atoms with Crippen molar-refractivity contribution in [1.82, 2.24) is 10.2 Å². The molecule has 1 aromatic rings. The molecular weight excluding hydrogens is 274 g/mol. The van der Waals surface area contributed by atoms with Gasteiger partial charge in [0.25, 0.3) is 0 Å². The van der Waals surface area contributed by atoms with E-state index in [1.165, 1.54) is 18.2 Å². The predicted octanol–water partition coefficient (Wildman–Crippen LogP) is 2.72. The molecule has 21 heavy (non-hydrogen) atoms. The second-order valence-corrected chi connectivity index (χ2v) is 5.67. The van der Waals surface area contributed by atoms with Crippen molar-refractivity contribution in [1.29, 1.82) is 0 Å².